The Balaban J connectivity index is 0.00000242. The number of ether oxygens (including phenoxy) is 1. The van der Waals surface area contributed by atoms with Crippen LogP contribution in [0.5, 0.6) is 5.75 Å². The molecule has 5 nitrogen and oxygen atoms in total. The summed E-state index contributed by atoms with van der Waals surface area (Å²) in [6.45, 7) is 5.89. The fourth-order valence-electron chi connectivity index (χ4n) is 2.18. The summed E-state index contributed by atoms with van der Waals surface area (Å²) in [5.74, 6) is 0.328. The van der Waals surface area contributed by atoms with Crippen molar-refractivity contribution in [1.29, 1.82) is 0 Å². The second kappa shape index (κ2) is 8.25. The molecule has 0 aliphatic carbocycles. The second-order valence-corrected chi connectivity index (χ2v) is 5.09. The van der Waals surface area contributed by atoms with E-state index in [2.05, 4.69) is 22.7 Å². The number of hydrogen-bond acceptors (Lipinski definition) is 4. The molecule has 0 fully saturated rings. The Bertz CT molecular complexity index is 659. The van der Waals surface area contributed by atoms with Crippen molar-refractivity contribution in [3.05, 3.63) is 42.6 Å². The molecule has 1 aromatic carbocycles. The first-order chi connectivity index (χ1) is 10.0. The first-order valence-electron chi connectivity index (χ1n) is 6.87. The van der Waals surface area contributed by atoms with Crippen LogP contribution in [0.1, 0.15) is 29.9 Å². The van der Waals surface area contributed by atoms with Crippen LogP contribution in [0, 0.1) is 14.0 Å². The summed E-state index contributed by atoms with van der Waals surface area (Å²) in [6.07, 6.45) is 0. The third kappa shape index (κ3) is 4.05. The van der Waals surface area contributed by atoms with E-state index in [-0.39, 0.29) is 39.7 Å². The van der Waals surface area contributed by atoms with E-state index in [0.29, 0.717) is 17.0 Å². The molecule has 0 unspecified atom stereocenters. The van der Waals surface area contributed by atoms with E-state index in [1.54, 1.807) is 0 Å². The molecule has 0 aliphatic rings. The molecular formula is C16H20N3O2W-. The zero-order chi connectivity index (χ0) is 15.4. The quantitative estimate of drug-likeness (QED) is 0.521. The maximum absolute atomic E-state index is 12.6. The molecule has 2 rings (SSSR count). The summed E-state index contributed by atoms with van der Waals surface area (Å²) in [4.78, 5) is 17.0. The van der Waals surface area contributed by atoms with E-state index in [4.69, 9.17) is 4.74 Å². The number of aryl methyl sites for hydroxylation is 1. The Hall–Kier alpha value is -1.45. The fourth-order valence-corrected chi connectivity index (χ4v) is 2.18. The number of para-hydroxylation sites is 1. The summed E-state index contributed by atoms with van der Waals surface area (Å²) in [5.41, 5.74) is 1.97. The predicted octanol–water partition coefficient (Wildman–Crippen LogP) is 2.40. The third-order valence-electron chi connectivity index (χ3n) is 2.98. The van der Waals surface area contributed by atoms with Crippen LogP contribution in [0.25, 0.3) is 10.9 Å². The van der Waals surface area contributed by atoms with Crippen LogP contribution in [0.15, 0.2) is 24.3 Å². The molecule has 22 heavy (non-hydrogen) atoms. The number of hydrogen-bond donors (Lipinski definition) is 2. The SMILES string of the molecule is [CH2-]NCOc1c(C)nc2ccccc2c1C(=O)NC(C)C.[W]. The largest absolute Gasteiger partial charge is 0.478 e. The van der Waals surface area contributed by atoms with Crippen molar-refractivity contribution in [2.24, 2.45) is 0 Å². The molecule has 0 bridgehead atoms. The molecule has 1 amide bonds. The Kier molecular flexibility index (Phi) is 6.98. The zero-order valence-corrected chi connectivity index (χ0v) is 15.9. The molecule has 0 atom stereocenters. The molecule has 1 aromatic heterocycles. The van der Waals surface area contributed by atoms with Crippen LogP contribution in [0.4, 0.5) is 0 Å². The first-order valence-corrected chi connectivity index (χ1v) is 6.87. The van der Waals surface area contributed by atoms with Gasteiger partial charge in [0.15, 0.2) is 5.75 Å². The van der Waals surface area contributed by atoms with Crippen LogP contribution in [-0.2, 0) is 21.1 Å². The van der Waals surface area contributed by atoms with Gasteiger partial charge >= 0.3 is 0 Å². The Morgan fingerprint density at radius 1 is 1.36 bits per heavy atom. The number of benzene rings is 1. The normalized spacial score (nSPS) is 10.4. The third-order valence-corrected chi connectivity index (χ3v) is 2.98. The fraction of sp³-hybridized carbons (Fsp3) is 0.312. The molecular weight excluding hydrogens is 450 g/mol. The molecule has 0 radical (unpaired) electrons. The van der Waals surface area contributed by atoms with Crippen LogP contribution < -0.4 is 15.4 Å². The van der Waals surface area contributed by atoms with Gasteiger partial charge in [0.2, 0.25) is 0 Å². The van der Waals surface area contributed by atoms with E-state index >= 15 is 0 Å². The van der Waals surface area contributed by atoms with Crippen LogP contribution in [0.2, 0.25) is 0 Å². The molecule has 0 saturated heterocycles. The van der Waals surface area contributed by atoms with Gasteiger partial charge in [-0.05, 0) is 26.8 Å². The molecule has 0 spiro atoms. The van der Waals surface area contributed by atoms with Gasteiger partial charge in [-0.15, -0.1) is 0 Å². The Labute approximate surface area is 145 Å². The van der Waals surface area contributed by atoms with Gasteiger partial charge in [0.25, 0.3) is 5.91 Å². The number of carbonyl (C=O) groups is 1. The number of rotatable bonds is 5. The van der Waals surface area contributed by atoms with E-state index in [1.165, 1.54) is 0 Å². The zero-order valence-electron chi connectivity index (χ0n) is 13.0. The van der Waals surface area contributed by atoms with Crippen LogP contribution >= 0.6 is 0 Å². The van der Waals surface area contributed by atoms with Gasteiger partial charge in [0.1, 0.15) is 6.73 Å². The minimum Gasteiger partial charge on any atom is -0.478 e. The van der Waals surface area contributed by atoms with Crippen LogP contribution in [0.3, 0.4) is 0 Å². The van der Waals surface area contributed by atoms with Crippen molar-refractivity contribution in [3.63, 3.8) is 0 Å². The van der Waals surface area contributed by atoms with Crippen molar-refractivity contribution >= 4 is 16.8 Å². The number of amides is 1. The molecule has 6 heteroatoms. The van der Waals surface area contributed by atoms with Crippen molar-refractivity contribution < 1.29 is 30.6 Å². The summed E-state index contributed by atoms with van der Waals surface area (Å²) in [6, 6.07) is 7.59. The molecule has 0 saturated carbocycles. The van der Waals surface area contributed by atoms with E-state index < -0.39 is 0 Å². The molecule has 2 aromatic rings. The minimum absolute atomic E-state index is 0. The van der Waals surface area contributed by atoms with Crippen molar-refractivity contribution in [2.75, 3.05) is 6.73 Å². The maximum atomic E-state index is 12.6. The molecule has 2 N–H and O–H groups in total. The summed E-state index contributed by atoms with van der Waals surface area (Å²) >= 11 is 0. The monoisotopic (exact) mass is 470 g/mol. The standard InChI is InChI=1S/C16H20N3O2.W/c1-10(2)18-16(20)14-12-7-5-6-8-13(12)19-11(3)15(14)21-9-17-4;/h5-8,10,17H,4,9H2,1-3H3,(H,18,20);/q-1;. The Morgan fingerprint density at radius 3 is 2.68 bits per heavy atom. The number of carbonyl (C=O) groups excluding carboxylic acids is 1. The topological polar surface area (TPSA) is 63.2 Å². The van der Waals surface area contributed by atoms with Gasteiger partial charge in [0, 0.05) is 32.5 Å². The average molecular weight is 470 g/mol. The van der Waals surface area contributed by atoms with Gasteiger partial charge in [-0.1, -0.05) is 18.2 Å². The van der Waals surface area contributed by atoms with Gasteiger partial charge in [-0.25, -0.2) is 4.98 Å². The predicted molar refractivity (Wildman–Crippen MR) is 83.1 cm³/mol. The first kappa shape index (κ1) is 18.6. The number of nitrogens with zero attached hydrogens (tertiary/aromatic N) is 1. The summed E-state index contributed by atoms with van der Waals surface area (Å²) in [5, 5.41) is 6.36. The van der Waals surface area contributed by atoms with E-state index in [9.17, 15) is 4.79 Å². The number of nitrogens with one attached hydrogen (secondary N) is 2. The van der Waals surface area contributed by atoms with Gasteiger partial charge in [-0.3, -0.25) is 11.8 Å². The van der Waals surface area contributed by atoms with Crippen molar-refractivity contribution in [2.45, 2.75) is 26.8 Å². The number of aromatic nitrogens is 1. The average Bonchev–Trinajstić information content (AvgIpc) is 2.43. The van der Waals surface area contributed by atoms with E-state index in [0.717, 1.165) is 10.9 Å². The maximum Gasteiger partial charge on any atom is 0.256 e. The number of fused-ring (bicyclic) bond motifs is 1. The summed E-state index contributed by atoms with van der Waals surface area (Å²) < 4.78 is 5.63. The molecule has 118 valence electrons. The number of pyridine rings is 1. The molecule has 1 heterocycles. The van der Waals surface area contributed by atoms with Gasteiger partial charge in [-0.2, -0.15) is 0 Å². The van der Waals surface area contributed by atoms with Crippen molar-refractivity contribution in [1.82, 2.24) is 15.6 Å². The van der Waals surface area contributed by atoms with Crippen molar-refractivity contribution in [3.8, 4) is 5.75 Å². The second-order valence-electron chi connectivity index (χ2n) is 5.09. The smallest absolute Gasteiger partial charge is 0.256 e. The van der Waals surface area contributed by atoms with E-state index in [1.807, 2.05) is 45.0 Å². The van der Waals surface area contributed by atoms with Gasteiger partial charge < -0.3 is 15.4 Å². The minimum atomic E-state index is -0.161. The van der Waals surface area contributed by atoms with Gasteiger partial charge in [0.05, 0.1) is 16.8 Å². The molecule has 0 aliphatic heterocycles. The van der Waals surface area contributed by atoms with Crippen LogP contribution in [-0.4, -0.2) is 23.7 Å². The Morgan fingerprint density at radius 2 is 2.05 bits per heavy atom. The summed E-state index contributed by atoms with van der Waals surface area (Å²) in [7, 11) is 3.52.